The fraction of sp³-hybridized carbons (Fsp3) is 0.471. The molecule has 0 saturated heterocycles. The van der Waals surface area contributed by atoms with Gasteiger partial charge in [0.2, 0.25) is 0 Å². The molecule has 0 atom stereocenters. The Bertz CT molecular complexity index is 993. The first-order chi connectivity index (χ1) is 12.6. The number of thioether (sulfide) groups is 1. The molecule has 0 unspecified atom stereocenters. The first-order valence-electron chi connectivity index (χ1n) is 8.81. The van der Waals surface area contributed by atoms with Crippen LogP contribution in [0.4, 0.5) is 0 Å². The van der Waals surface area contributed by atoms with Gasteiger partial charge in [0.25, 0.3) is 15.9 Å². The van der Waals surface area contributed by atoms with Gasteiger partial charge in [-0.1, -0.05) is 23.9 Å². The summed E-state index contributed by atoms with van der Waals surface area (Å²) in [6.45, 7) is 0.136. The average molecular weight is 390 g/mol. The van der Waals surface area contributed by atoms with E-state index in [9.17, 15) is 13.2 Å². The van der Waals surface area contributed by atoms with E-state index in [2.05, 4.69) is 14.8 Å². The van der Waals surface area contributed by atoms with Gasteiger partial charge in [-0.25, -0.2) is 12.7 Å². The lowest BCUT2D eigenvalue weighted by molar-refractivity contribution is 0.0876. The van der Waals surface area contributed by atoms with Gasteiger partial charge in [0.15, 0.2) is 5.16 Å². The second kappa shape index (κ2) is 5.82. The predicted octanol–water partition coefficient (Wildman–Crippen LogP) is 2.43. The molecule has 2 fully saturated rings. The minimum absolute atomic E-state index is 0.104. The van der Waals surface area contributed by atoms with Crippen LogP contribution in [0.15, 0.2) is 34.3 Å². The molecule has 0 spiro atoms. The molecule has 2 heterocycles. The quantitative estimate of drug-likeness (QED) is 0.704. The Balaban J connectivity index is 1.32. The van der Waals surface area contributed by atoms with Crippen molar-refractivity contribution >= 4 is 27.7 Å². The summed E-state index contributed by atoms with van der Waals surface area (Å²) in [5.41, 5.74) is 0.259. The van der Waals surface area contributed by atoms with Gasteiger partial charge in [-0.05, 0) is 37.8 Å². The van der Waals surface area contributed by atoms with E-state index in [0.29, 0.717) is 17.7 Å². The molecule has 0 bridgehead atoms. The molecule has 2 aliphatic carbocycles. The highest BCUT2D eigenvalue weighted by Crippen LogP contribution is 2.46. The fourth-order valence-electron chi connectivity index (χ4n) is 3.35. The zero-order valence-corrected chi connectivity index (χ0v) is 15.7. The minimum Gasteiger partial charge on any atom is -0.303 e. The zero-order chi connectivity index (χ0) is 17.9. The summed E-state index contributed by atoms with van der Waals surface area (Å²) in [5.74, 6) is 1.64. The van der Waals surface area contributed by atoms with Gasteiger partial charge in [0, 0.05) is 24.3 Å². The molecule has 5 rings (SSSR count). The Hall–Kier alpha value is -1.87. The molecule has 0 N–H and O–H groups in total. The highest BCUT2D eigenvalue weighted by atomic mass is 32.2. The van der Waals surface area contributed by atoms with Crippen molar-refractivity contribution in [1.29, 1.82) is 0 Å². The van der Waals surface area contributed by atoms with E-state index in [1.165, 1.54) is 30.7 Å². The number of fused-ring (bicyclic) bond motifs is 1. The molecule has 9 heteroatoms. The molecule has 1 amide bonds. The topological polar surface area (TPSA) is 85.2 Å². The molecular weight excluding hydrogens is 372 g/mol. The number of sulfonamides is 1. The van der Waals surface area contributed by atoms with Crippen molar-refractivity contribution in [3.05, 3.63) is 35.7 Å². The molecule has 3 aliphatic rings. The second-order valence-electron chi connectivity index (χ2n) is 6.94. The largest absolute Gasteiger partial charge is 0.303 e. The van der Waals surface area contributed by atoms with Crippen LogP contribution < -0.4 is 0 Å². The smallest absolute Gasteiger partial charge is 0.269 e. The van der Waals surface area contributed by atoms with E-state index in [1.807, 2.05) is 0 Å². The predicted molar refractivity (Wildman–Crippen MR) is 95.7 cm³/mol. The Morgan fingerprint density at radius 1 is 1.12 bits per heavy atom. The number of hydrogen-bond acceptors (Lipinski definition) is 6. The highest BCUT2D eigenvalue weighted by Gasteiger charge is 2.41. The molecule has 1 aromatic heterocycles. The number of benzene rings is 1. The number of carbonyl (C=O) groups excluding carboxylic acids is 1. The Morgan fingerprint density at radius 3 is 2.58 bits per heavy atom. The summed E-state index contributed by atoms with van der Waals surface area (Å²) in [7, 11) is -3.73. The third kappa shape index (κ3) is 2.56. The summed E-state index contributed by atoms with van der Waals surface area (Å²) < 4.78 is 28.4. The lowest BCUT2D eigenvalue weighted by Crippen LogP contribution is -2.32. The van der Waals surface area contributed by atoms with Crippen LogP contribution in [0.1, 0.15) is 53.8 Å². The molecular formula is C17H18N4O3S2. The maximum Gasteiger partial charge on any atom is 0.269 e. The van der Waals surface area contributed by atoms with Crippen molar-refractivity contribution in [2.75, 3.05) is 12.3 Å². The number of nitrogens with zero attached hydrogens (tertiary/aromatic N) is 4. The van der Waals surface area contributed by atoms with Crippen LogP contribution in [0.5, 0.6) is 0 Å². The van der Waals surface area contributed by atoms with Crippen LogP contribution in [0.3, 0.4) is 0 Å². The molecule has 7 nitrogen and oxygen atoms in total. The van der Waals surface area contributed by atoms with Crippen molar-refractivity contribution in [3.63, 3.8) is 0 Å². The van der Waals surface area contributed by atoms with E-state index >= 15 is 0 Å². The third-order valence-electron chi connectivity index (χ3n) is 4.98. The number of rotatable bonds is 6. The van der Waals surface area contributed by atoms with Crippen molar-refractivity contribution < 1.29 is 13.2 Å². The van der Waals surface area contributed by atoms with Crippen LogP contribution in [0, 0.1) is 0 Å². The van der Waals surface area contributed by atoms with E-state index < -0.39 is 15.9 Å². The molecule has 136 valence electrons. The Morgan fingerprint density at radius 2 is 1.88 bits per heavy atom. The van der Waals surface area contributed by atoms with Crippen molar-refractivity contribution in [3.8, 4) is 0 Å². The first kappa shape index (κ1) is 16.3. The van der Waals surface area contributed by atoms with Gasteiger partial charge in [0.1, 0.15) is 10.7 Å². The summed E-state index contributed by atoms with van der Waals surface area (Å²) in [6, 6.07) is 6.86. The lowest BCUT2D eigenvalue weighted by atomic mass is 10.2. The third-order valence-corrected chi connectivity index (χ3v) is 7.75. The van der Waals surface area contributed by atoms with Crippen LogP contribution in [0.25, 0.3) is 0 Å². The van der Waals surface area contributed by atoms with Gasteiger partial charge < -0.3 is 4.57 Å². The molecule has 1 aliphatic heterocycles. The molecule has 26 heavy (non-hydrogen) atoms. The van der Waals surface area contributed by atoms with E-state index in [0.717, 1.165) is 28.1 Å². The maximum absolute atomic E-state index is 12.6. The van der Waals surface area contributed by atoms with Crippen LogP contribution in [0.2, 0.25) is 0 Å². The second-order valence-corrected chi connectivity index (χ2v) is 9.84. The fourth-order valence-corrected chi connectivity index (χ4v) is 5.98. The zero-order valence-electron chi connectivity index (χ0n) is 14.0. The maximum atomic E-state index is 12.6. The molecule has 2 saturated carbocycles. The van der Waals surface area contributed by atoms with Crippen LogP contribution in [-0.2, 0) is 10.0 Å². The molecule has 2 aromatic rings. The minimum atomic E-state index is -3.73. The molecule has 0 radical (unpaired) electrons. The van der Waals surface area contributed by atoms with E-state index in [4.69, 9.17) is 0 Å². The van der Waals surface area contributed by atoms with Gasteiger partial charge in [0.05, 0.1) is 5.56 Å². The normalized spacial score (nSPS) is 21.2. The van der Waals surface area contributed by atoms with Gasteiger partial charge in [-0.15, -0.1) is 10.2 Å². The van der Waals surface area contributed by atoms with Gasteiger partial charge in [-0.3, -0.25) is 4.79 Å². The monoisotopic (exact) mass is 390 g/mol. The van der Waals surface area contributed by atoms with Crippen molar-refractivity contribution in [2.45, 2.75) is 47.7 Å². The first-order valence-corrected chi connectivity index (χ1v) is 11.2. The SMILES string of the molecule is O=C1c2ccccc2S(=O)(=O)N1CCSc1nnc(C2CC2)n1C1CC1. The number of aromatic nitrogens is 3. The van der Waals surface area contributed by atoms with E-state index in [1.54, 1.807) is 18.2 Å². The van der Waals surface area contributed by atoms with Gasteiger partial charge >= 0.3 is 0 Å². The van der Waals surface area contributed by atoms with E-state index in [-0.39, 0.29) is 17.0 Å². The Kier molecular flexibility index (Phi) is 3.65. The van der Waals surface area contributed by atoms with Crippen molar-refractivity contribution in [1.82, 2.24) is 19.1 Å². The number of amides is 1. The molecule has 1 aromatic carbocycles. The average Bonchev–Trinajstić information content (AvgIpc) is 3.56. The Labute approximate surface area is 155 Å². The van der Waals surface area contributed by atoms with Gasteiger partial charge in [-0.2, -0.15) is 0 Å². The summed E-state index contributed by atoms with van der Waals surface area (Å²) in [6.07, 6.45) is 4.65. The van der Waals surface area contributed by atoms with Crippen LogP contribution >= 0.6 is 11.8 Å². The summed E-state index contributed by atoms with van der Waals surface area (Å²) in [5, 5.41) is 9.52. The van der Waals surface area contributed by atoms with Crippen molar-refractivity contribution in [2.24, 2.45) is 0 Å². The van der Waals surface area contributed by atoms with Crippen LogP contribution in [-0.4, -0.2) is 45.7 Å². The lowest BCUT2D eigenvalue weighted by Gasteiger charge is -2.14. The number of carbonyl (C=O) groups is 1. The standard InChI is InChI=1S/C17H18N4O3S2/c22-16-13-3-1-2-4-14(13)26(23,24)20(16)9-10-25-17-19-18-15(11-5-6-11)21(17)12-7-8-12/h1-4,11-12H,5-10H2. The number of hydrogen-bond donors (Lipinski definition) is 0. The highest BCUT2D eigenvalue weighted by molar-refractivity contribution is 7.99. The summed E-state index contributed by atoms with van der Waals surface area (Å²) in [4.78, 5) is 12.5. The summed E-state index contributed by atoms with van der Waals surface area (Å²) >= 11 is 1.48.